The second-order valence-electron chi connectivity index (χ2n) is 7.37. The van der Waals surface area contributed by atoms with Crippen LogP contribution in [0.1, 0.15) is 24.1 Å². The average Bonchev–Trinajstić information content (AvgIpc) is 2.82. The Labute approximate surface area is 186 Å². The van der Waals surface area contributed by atoms with Crippen molar-refractivity contribution < 1.29 is 27.0 Å². The fourth-order valence-corrected chi connectivity index (χ4v) is 3.48. The van der Waals surface area contributed by atoms with E-state index in [1.54, 1.807) is 4.90 Å². The van der Waals surface area contributed by atoms with Crippen LogP contribution in [0.25, 0.3) is 0 Å². The first-order valence-corrected chi connectivity index (χ1v) is 10.0. The lowest BCUT2D eigenvalue weighted by molar-refractivity contribution is 0.0339. The highest BCUT2D eigenvalue weighted by atomic mass is 19.3. The van der Waals surface area contributed by atoms with E-state index in [1.807, 2.05) is 0 Å². The number of halogens is 4. The number of aromatic nitrogens is 4. The molecule has 174 valence electrons. The van der Waals surface area contributed by atoms with Crippen LogP contribution in [0.15, 0.2) is 36.8 Å². The predicted octanol–water partition coefficient (Wildman–Crippen LogP) is 3.32. The molecule has 0 aliphatic carbocycles. The smallest absolute Gasteiger partial charge is 0.318 e. The molecule has 0 atom stereocenters. The van der Waals surface area contributed by atoms with Crippen LogP contribution in [0.2, 0.25) is 0 Å². The second kappa shape index (κ2) is 9.04. The van der Waals surface area contributed by atoms with E-state index >= 15 is 8.78 Å². The van der Waals surface area contributed by atoms with Gasteiger partial charge < -0.3 is 20.1 Å². The molecule has 12 heteroatoms. The zero-order chi connectivity index (χ0) is 23.6. The third-order valence-electron chi connectivity index (χ3n) is 5.28. The van der Waals surface area contributed by atoms with Crippen LogP contribution in [0.5, 0.6) is 11.8 Å². The zero-order valence-electron chi connectivity index (χ0n) is 17.5. The minimum absolute atomic E-state index is 0.0298. The molecule has 0 bridgehead atoms. The SMILES string of the molecule is COc1ccc(C(F)(F)c2cc(N3CCC(Oc4ncc(F)c(N)n4)CC3)ncn2)c(F)c1. The highest BCUT2D eigenvalue weighted by Crippen LogP contribution is 2.38. The molecule has 1 aliphatic heterocycles. The van der Waals surface area contributed by atoms with Crippen LogP contribution in [0.4, 0.5) is 29.2 Å². The summed E-state index contributed by atoms with van der Waals surface area (Å²) in [6.45, 7) is 0.889. The quantitative estimate of drug-likeness (QED) is 0.555. The number of benzene rings is 1. The summed E-state index contributed by atoms with van der Waals surface area (Å²) in [7, 11) is 1.32. The Kier molecular flexibility index (Phi) is 6.16. The molecule has 8 nitrogen and oxygen atoms in total. The number of rotatable bonds is 6. The van der Waals surface area contributed by atoms with Crippen LogP contribution in [0, 0.1) is 11.6 Å². The van der Waals surface area contributed by atoms with E-state index < -0.39 is 28.8 Å². The van der Waals surface area contributed by atoms with Crippen LogP contribution >= 0.6 is 0 Å². The van der Waals surface area contributed by atoms with E-state index in [0.717, 1.165) is 30.7 Å². The molecule has 1 aromatic carbocycles. The molecule has 33 heavy (non-hydrogen) atoms. The molecule has 1 aliphatic rings. The van der Waals surface area contributed by atoms with Crippen LogP contribution in [-0.2, 0) is 5.92 Å². The Balaban J connectivity index is 1.45. The number of nitrogen functional groups attached to an aromatic ring is 1. The van der Waals surface area contributed by atoms with E-state index in [4.69, 9.17) is 15.2 Å². The molecule has 0 saturated carbocycles. The van der Waals surface area contributed by atoms with Crippen molar-refractivity contribution in [3.8, 4) is 11.8 Å². The standard InChI is InChI=1S/C21H20F4N6O2/c1-32-13-2-3-14(15(22)8-13)21(24,25)17-9-18(29-11-28-17)31-6-4-12(5-7-31)33-20-27-10-16(23)19(26)30-20/h2-3,8-12H,4-7H2,1H3,(H2,26,27,30). The molecule has 2 aromatic heterocycles. The van der Waals surface area contributed by atoms with Gasteiger partial charge in [-0.15, -0.1) is 0 Å². The van der Waals surface area contributed by atoms with E-state index in [9.17, 15) is 8.78 Å². The summed E-state index contributed by atoms with van der Waals surface area (Å²) >= 11 is 0. The van der Waals surface area contributed by atoms with Gasteiger partial charge >= 0.3 is 11.9 Å². The van der Waals surface area contributed by atoms with Crippen molar-refractivity contribution in [2.75, 3.05) is 30.8 Å². The molecule has 1 fully saturated rings. The lowest BCUT2D eigenvalue weighted by Gasteiger charge is -2.32. The maximum absolute atomic E-state index is 15.0. The lowest BCUT2D eigenvalue weighted by atomic mass is 10.0. The molecular weight excluding hydrogens is 444 g/mol. The molecular formula is C21H20F4N6O2. The molecule has 0 spiro atoms. The molecule has 0 unspecified atom stereocenters. The van der Waals surface area contributed by atoms with Gasteiger partial charge in [-0.3, -0.25) is 0 Å². The fourth-order valence-electron chi connectivity index (χ4n) is 3.48. The van der Waals surface area contributed by atoms with Gasteiger partial charge in [-0.25, -0.2) is 23.7 Å². The lowest BCUT2D eigenvalue weighted by Crippen LogP contribution is -2.39. The predicted molar refractivity (Wildman–Crippen MR) is 110 cm³/mol. The van der Waals surface area contributed by atoms with E-state index in [2.05, 4.69) is 19.9 Å². The monoisotopic (exact) mass is 464 g/mol. The molecule has 0 amide bonds. The largest absolute Gasteiger partial charge is 0.497 e. The van der Waals surface area contributed by atoms with Crippen molar-refractivity contribution >= 4 is 11.6 Å². The van der Waals surface area contributed by atoms with Gasteiger partial charge in [0.15, 0.2) is 11.6 Å². The number of methoxy groups -OCH3 is 1. The first kappa shape index (κ1) is 22.5. The van der Waals surface area contributed by atoms with Crippen LogP contribution in [-0.4, -0.2) is 46.2 Å². The summed E-state index contributed by atoms with van der Waals surface area (Å²) < 4.78 is 68.1. The second-order valence-corrected chi connectivity index (χ2v) is 7.37. The molecule has 3 heterocycles. The van der Waals surface area contributed by atoms with Gasteiger partial charge in [-0.05, 0) is 12.1 Å². The third kappa shape index (κ3) is 4.73. The number of hydrogen-bond donors (Lipinski definition) is 1. The van der Waals surface area contributed by atoms with Crippen molar-refractivity contribution in [2.24, 2.45) is 0 Å². The number of hydrogen-bond acceptors (Lipinski definition) is 8. The van der Waals surface area contributed by atoms with Gasteiger partial charge in [0.1, 0.15) is 35.5 Å². The zero-order valence-corrected chi connectivity index (χ0v) is 17.5. The maximum atomic E-state index is 15.0. The van der Waals surface area contributed by atoms with Crippen molar-refractivity contribution in [3.63, 3.8) is 0 Å². The Morgan fingerprint density at radius 2 is 1.82 bits per heavy atom. The van der Waals surface area contributed by atoms with Crippen molar-refractivity contribution in [1.29, 1.82) is 0 Å². The van der Waals surface area contributed by atoms with E-state index in [1.165, 1.54) is 13.2 Å². The molecule has 4 rings (SSSR count). The first-order valence-electron chi connectivity index (χ1n) is 10.0. The Morgan fingerprint density at radius 1 is 1.06 bits per heavy atom. The van der Waals surface area contributed by atoms with Crippen LogP contribution in [0.3, 0.4) is 0 Å². The van der Waals surface area contributed by atoms with Crippen molar-refractivity contribution in [1.82, 2.24) is 19.9 Å². The normalized spacial score (nSPS) is 14.9. The van der Waals surface area contributed by atoms with Crippen molar-refractivity contribution in [2.45, 2.75) is 24.9 Å². The van der Waals surface area contributed by atoms with Gasteiger partial charge in [0.2, 0.25) is 0 Å². The highest BCUT2D eigenvalue weighted by molar-refractivity contribution is 5.43. The summed E-state index contributed by atoms with van der Waals surface area (Å²) in [6.07, 6.45) is 2.73. The topological polar surface area (TPSA) is 99.3 Å². The molecule has 3 aromatic rings. The molecule has 1 saturated heterocycles. The minimum Gasteiger partial charge on any atom is -0.497 e. The minimum atomic E-state index is -3.67. The van der Waals surface area contributed by atoms with Gasteiger partial charge in [0.05, 0.1) is 18.9 Å². The average molecular weight is 464 g/mol. The summed E-state index contributed by atoms with van der Waals surface area (Å²) in [5.41, 5.74) is 3.99. The number of ether oxygens (including phenoxy) is 2. The first-order chi connectivity index (χ1) is 15.8. The highest BCUT2D eigenvalue weighted by Gasteiger charge is 2.39. The molecule has 0 radical (unpaired) electrons. The number of alkyl halides is 2. The fraction of sp³-hybridized carbons (Fsp3) is 0.333. The Bertz CT molecular complexity index is 1140. The summed E-state index contributed by atoms with van der Waals surface area (Å²) in [5, 5.41) is 0. The van der Waals surface area contributed by atoms with Gasteiger partial charge in [-0.1, -0.05) is 0 Å². The summed E-state index contributed by atoms with van der Waals surface area (Å²) in [5.74, 6) is -5.39. The van der Waals surface area contributed by atoms with E-state index in [-0.39, 0.29) is 29.5 Å². The van der Waals surface area contributed by atoms with E-state index in [0.29, 0.717) is 25.9 Å². The summed E-state index contributed by atoms with van der Waals surface area (Å²) in [4.78, 5) is 17.1. The van der Waals surface area contributed by atoms with Gasteiger partial charge in [-0.2, -0.15) is 13.8 Å². The van der Waals surface area contributed by atoms with Crippen molar-refractivity contribution in [3.05, 3.63) is 59.7 Å². The number of nitrogens with zero attached hydrogens (tertiary/aromatic N) is 5. The molecule has 2 N–H and O–H groups in total. The Hall–Kier alpha value is -3.70. The van der Waals surface area contributed by atoms with Crippen LogP contribution < -0.4 is 20.1 Å². The Morgan fingerprint density at radius 3 is 2.48 bits per heavy atom. The number of piperidine rings is 1. The van der Waals surface area contributed by atoms with Gasteiger partial charge in [0.25, 0.3) is 0 Å². The number of anilines is 2. The van der Waals surface area contributed by atoms with Gasteiger partial charge in [0, 0.05) is 38.1 Å². The maximum Gasteiger partial charge on any atom is 0.318 e. The number of nitrogens with two attached hydrogens (primary N) is 1. The third-order valence-corrected chi connectivity index (χ3v) is 5.28. The summed E-state index contributed by atoms with van der Waals surface area (Å²) in [6, 6.07) is 4.25.